The predicted molar refractivity (Wildman–Crippen MR) is 253 cm³/mol. The first kappa shape index (κ1) is 35.2. The van der Waals surface area contributed by atoms with Crippen molar-refractivity contribution in [1.29, 1.82) is 0 Å². The first-order valence-electron chi connectivity index (χ1n) is 20.4. The fourth-order valence-electron chi connectivity index (χ4n) is 9.60. The average molecular weight is 772 g/mol. The lowest BCUT2D eigenvalue weighted by molar-refractivity contribution is 0.660. The van der Waals surface area contributed by atoms with E-state index in [0.29, 0.717) is 0 Å². The van der Waals surface area contributed by atoms with Crippen LogP contribution in [0.5, 0.6) is 0 Å². The van der Waals surface area contributed by atoms with E-state index in [1.165, 1.54) is 86.9 Å². The summed E-state index contributed by atoms with van der Waals surface area (Å²) in [6, 6.07) is 78.1. The van der Waals surface area contributed by atoms with Gasteiger partial charge in [-0.2, -0.15) is 0 Å². The molecule has 0 amide bonds. The highest BCUT2D eigenvalue weighted by Gasteiger charge is 2.37. The van der Waals surface area contributed by atoms with Crippen LogP contribution in [0.2, 0.25) is 0 Å². The smallest absolute Gasteiger partial charge is 0.0541 e. The third-order valence-corrected chi connectivity index (χ3v) is 13.5. The van der Waals surface area contributed by atoms with Crippen molar-refractivity contribution in [1.82, 2.24) is 0 Å². The number of rotatable bonds is 7. The van der Waals surface area contributed by atoms with Gasteiger partial charge in [0.05, 0.1) is 17.1 Å². The Kier molecular flexibility index (Phi) is 8.43. The summed E-state index contributed by atoms with van der Waals surface area (Å²) in [6.45, 7) is 4.73. The highest BCUT2D eigenvalue weighted by molar-refractivity contribution is 7.26. The van der Waals surface area contributed by atoms with E-state index in [-0.39, 0.29) is 5.41 Å². The highest BCUT2D eigenvalue weighted by Crippen LogP contribution is 2.55. The Balaban J connectivity index is 1.21. The molecule has 11 rings (SSSR count). The number of hydrogen-bond acceptors (Lipinski definition) is 2. The Labute approximate surface area is 350 Å². The molecule has 0 saturated carbocycles. The van der Waals surface area contributed by atoms with Gasteiger partial charge in [-0.1, -0.05) is 202 Å². The molecular weight excluding hydrogens is 731 g/mol. The van der Waals surface area contributed by atoms with Crippen LogP contribution in [-0.4, -0.2) is 0 Å². The maximum Gasteiger partial charge on any atom is 0.0541 e. The van der Waals surface area contributed by atoms with Crippen LogP contribution in [0.4, 0.5) is 17.1 Å². The molecule has 0 fully saturated rings. The Morgan fingerprint density at radius 1 is 0.339 bits per heavy atom. The van der Waals surface area contributed by atoms with Crippen LogP contribution in [0.1, 0.15) is 25.0 Å². The second kappa shape index (κ2) is 14.1. The van der Waals surface area contributed by atoms with Crippen LogP contribution in [-0.2, 0) is 5.41 Å². The maximum atomic E-state index is 2.54. The Hall–Kier alpha value is -7.00. The number of benzene rings is 9. The number of anilines is 3. The largest absolute Gasteiger partial charge is 0.309 e. The minimum atomic E-state index is -0.111. The third kappa shape index (κ3) is 5.67. The second-order valence-corrected chi connectivity index (χ2v) is 17.0. The zero-order valence-electron chi connectivity index (χ0n) is 33.1. The van der Waals surface area contributed by atoms with E-state index in [2.05, 4.69) is 231 Å². The summed E-state index contributed by atoms with van der Waals surface area (Å²) in [5, 5.41) is 2.60. The van der Waals surface area contributed by atoms with Gasteiger partial charge in [-0.25, -0.2) is 0 Å². The summed E-state index contributed by atoms with van der Waals surface area (Å²) in [4.78, 5) is 2.54. The van der Waals surface area contributed by atoms with Crippen LogP contribution in [0.15, 0.2) is 212 Å². The number of hydrogen-bond donors (Lipinski definition) is 0. The molecule has 0 spiro atoms. The van der Waals surface area contributed by atoms with Crippen LogP contribution in [0, 0.1) is 0 Å². The molecule has 1 aliphatic rings. The number of thiophene rings is 1. The van der Waals surface area contributed by atoms with E-state index < -0.39 is 0 Å². The molecule has 0 atom stereocenters. The average Bonchev–Trinajstić information content (AvgIpc) is 3.79. The minimum absolute atomic E-state index is 0.111. The summed E-state index contributed by atoms with van der Waals surface area (Å²) >= 11 is 1.88. The molecule has 59 heavy (non-hydrogen) atoms. The fourth-order valence-corrected chi connectivity index (χ4v) is 10.8. The Morgan fingerprint density at radius 3 is 1.51 bits per heavy atom. The number of fused-ring (bicyclic) bond motifs is 6. The van der Waals surface area contributed by atoms with Gasteiger partial charge in [0.2, 0.25) is 0 Å². The molecule has 9 aromatic carbocycles. The van der Waals surface area contributed by atoms with Crippen molar-refractivity contribution in [2.24, 2.45) is 0 Å². The molecule has 0 N–H and O–H groups in total. The van der Waals surface area contributed by atoms with E-state index >= 15 is 0 Å². The van der Waals surface area contributed by atoms with Crippen molar-refractivity contribution in [3.05, 3.63) is 223 Å². The number of nitrogens with zero attached hydrogens (tertiary/aromatic N) is 1. The van der Waals surface area contributed by atoms with E-state index in [1.807, 2.05) is 11.3 Å². The molecule has 280 valence electrons. The molecule has 0 bridgehead atoms. The summed E-state index contributed by atoms with van der Waals surface area (Å²) in [5.74, 6) is 0. The SMILES string of the molecule is CC1(C)c2ccccc2-c2c(-c3ccccc3N(c3ccccc3-c3ccccc3-c3ccccc3)c3ccccc3-c3cccc4c3sc3ccccc34)cccc21. The van der Waals surface area contributed by atoms with Gasteiger partial charge in [0.15, 0.2) is 0 Å². The van der Waals surface area contributed by atoms with Crippen molar-refractivity contribution >= 4 is 48.6 Å². The van der Waals surface area contributed by atoms with E-state index in [4.69, 9.17) is 0 Å². The van der Waals surface area contributed by atoms with Crippen molar-refractivity contribution < 1.29 is 0 Å². The lowest BCUT2D eigenvalue weighted by atomic mass is 9.82. The van der Waals surface area contributed by atoms with Crippen LogP contribution in [0.3, 0.4) is 0 Å². The van der Waals surface area contributed by atoms with Crippen LogP contribution < -0.4 is 4.90 Å². The third-order valence-electron chi connectivity index (χ3n) is 12.3. The topological polar surface area (TPSA) is 3.24 Å². The standard InChI is InChI=1S/C57H41NS/c1-57(2)49-32-13-8-28-48(49)55-45(29-19-33-50(55)57)42-25-10-15-35-52(42)58(51-34-14-9-24-41(51)40-23-7-6-22-39(40)38-20-4-3-5-21-38)53-36-16-11-26-43(53)46-30-18-31-47-44-27-12-17-37-54(44)59-56(46)47/h3-37H,1-2H3. The van der Waals surface area contributed by atoms with Gasteiger partial charge < -0.3 is 4.90 Å². The van der Waals surface area contributed by atoms with Gasteiger partial charge in [0.25, 0.3) is 0 Å². The summed E-state index contributed by atoms with van der Waals surface area (Å²) in [7, 11) is 0. The zero-order chi connectivity index (χ0) is 39.5. The van der Waals surface area contributed by atoms with Gasteiger partial charge in [0, 0.05) is 47.8 Å². The van der Waals surface area contributed by atoms with Gasteiger partial charge in [-0.3, -0.25) is 0 Å². The zero-order valence-corrected chi connectivity index (χ0v) is 33.9. The molecule has 1 aliphatic carbocycles. The second-order valence-electron chi connectivity index (χ2n) is 16.0. The summed E-state index contributed by atoms with van der Waals surface area (Å²) < 4.78 is 2.61. The molecule has 0 radical (unpaired) electrons. The number of para-hydroxylation sites is 3. The minimum Gasteiger partial charge on any atom is -0.309 e. The molecule has 1 aromatic heterocycles. The molecule has 10 aromatic rings. The van der Waals surface area contributed by atoms with Crippen molar-refractivity contribution in [2.45, 2.75) is 19.3 Å². The van der Waals surface area contributed by atoms with Crippen LogP contribution in [0.25, 0.3) is 75.8 Å². The van der Waals surface area contributed by atoms with Gasteiger partial charge in [-0.05, 0) is 68.8 Å². The molecule has 0 unspecified atom stereocenters. The lowest BCUT2D eigenvalue weighted by Crippen LogP contribution is -2.15. The Bertz CT molecular complexity index is 3210. The normalized spacial score (nSPS) is 12.7. The van der Waals surface area contributed by atoms with Crippen molar-refractivity contribution in [3.8, 4) is 55.6 Å². The van der Waals surface area contributed by atoms with Gasteiger partial charge in [-0.15, -0.1) is 11.3 Å². The molecule has 1 heterocycles. The van der Waals surface area contributed by atoms with E-state index in [0.717, 1.165) is 17.1 Å². The first-order valence-corrected chi connectivity index (χ1v) is 21.3. The fraction of sp³-hybridized carbons (Fsp3) is 0.0526. The summed E-state index contributed by atoms with van der Waals surface area (Å²) in [5.41, 5.74) is 18.3. The maximum absolute atomic E-state index is 2.54. The molecule has 0 aliphatic heterocycles. The highest BCUT2D eigenvalue weighted by atomic mass is 32.1. The lowest BCUT2D eigenvalue weighted by Gasteiger charge is -2.32. The molecule has 0 saturated heterocycles. The Morgan fingerprint density at radius 2 is 0.797 bits per heavy atom. The predicted octanol–water partition coefficient (Wildman–Crippen LogP) is 16.5. The van der Waals surface area contributed by atoms with Gasteiger partial charge >= 0.3 is 0 Å². The summed E-state index contributed by atoms with van der Waals surface area (Å²) in [6.07, 6.45) is 0. The molecule has 1 nitrogen and oxygen atoms in total. The van der Waals surface area contributed by atoms with Crippen LogP contribution >= 0.6 is 11.3 Å². The molecular formula is C57H41NS. The van der Waals surface area contributed by atoms with Crippen molar-refractivity contribution in [3.63, 3.8) is 0 Å². The quantitative estimate of drug-likeness (QED) is 0.156. The van der Waals surface area contributed by atoms with Gasteiger partial charge in [0.1, 0.15) is 0 Å². The monoisotopic (exact) mass is 771 g/mol. The van der Waals surface area contributed by atoms with Crippen molar-refractivity contribution in [2.75, 3.05) is 4.90 Å². The first-order chi connectivity index (χ1) is 29.1. The van der Waals surface area contributed by atoms with E-state index in [9.17, 15) is 0 Å². The van der Waals surface area contributed by atoms with E-state index in [1.54, 1.807) is 0 Å². The molecule has 2 heteroatoms.